The van der Waals surface area contributed by atoms with Gasteiger partial charge in [-0.2, -0.15) is 0 Å². The molecule has 1 saturated heterocycles. The van der Waals surface area contributed by atoms with Gasteiger partial charge in [0.25, 0.3) is 0 Å². The van der Waals surface area contributed by atoms with E-state index >= 15 is 0 Å². The second-order valence-corrected chi connectivity index (χ2v) is 10.7. The van der Waals surface area contributed by atoms with E-state index in [9.17, 15) is 19.5 Å². The van der Waals surface area contributed by atoms with Gasteiger partial charge in [-0.25, -0.2) is 0 Å². The molecule has 9 heteroatoms. The molecule has 1 aliphatic heterocycles. The van der Waals surface area contributed by atoms with Crippen molar-refractivity contribution in [2.75, 3.05) is 26.2 Å². The first kappa shape index (κ1) is 29.5. The molecule has 3 atom stereocenters. The second kappa shape index (κ2) is 13.7. The molecule has 0 aromatic heterocycles. The average molecular weight is 565 g/mol. The molecule has 212 valence electrons. The Labute approximate surface area is 240 Å². The van der Waals surface area contributed by atoms with Crippen molar-refractivity contribution in [1.82, 2.24) is 15.1 Å². The van der Waals surface area contributed by atoms with Crippen molar-refractivity contribution in [3.63, 3.8) is 0 Å². The predicted molar refractivity (Wildman–Crippen MR) is 157 cm³/mol. The van der Waals surface area contributed by atoms with Gasteiger partial charge in [-0.3, -0.25) is 14.4 Å². The van der Waals surface area contributed by atoms with Crippen LogP contribution in [-0.2, 0) is 27.2 Å². The van der Waals surface area contributed by atoms with Crippen molar-refractivity contribution in [2.45, 2.75) is 50.7 Å². The van der Waals surface area contributed by atoms with Crippen molar-refractivity contribution < 1.29 is 19.5 Å². The van der Waals surface area contributed by atoms with Crippen LogP contribution in [0, 0.1) is 0 Å². The Morgan fingerprint density at radius 1 is 1.02 bits per heavy atom. The van der Waals surface area contributed by atoms with Crippen LogP contribution in [0.25, 0.3) is 10.8 Å². The van der Waals surface area contributed by atoms with Crippen molar-refractivity contribution in [2.24, 2.45) is 5.73 Å². The highest BCUT2D eigenvalue weighted by Crippen LogP contribution is 2.23. The molecule has 0 saturated carbocycles. The number of nitrogens with one attached hydrogen (secondary N) is 1. The number of hydrogen-bond donors (Lipinski definition) is 3. The lowest BCUT2D eigenvalue weighted by Gasteiger charge is -2.44. The Morgan fingerprint density at radius 3 is 2.42 bits per heavy atom. The van der Waals surface area contributed by atoms with Gasteiger partial charge in [0.05, 0.1) is 12.6 Å². The van der Waals surface area contributed by atoms with E-state index in [0.29, 0.717) is 30.7 Å². The number of amides is 3. The summed E-state index contributed by atoms with van der Waals surface area (Å²) in [4.78, 5) is 43.9. The van der Waals surface area contributed by atoms with Gasteiger partial charge in [-0.05, 0) is 46.9 Å². The summed E-state index contributed by atoms with van der Waals surface area (Å²) in [6, 6.07) is 18.9. The fourth-order valence-corrected chi connectivity index (χ4v) is 5.46. The zero-order valence-corrected chi connectivity index (χ0v) is 23.5. The summed E-state index contributed by atoms with van der Waals surface area (Å²) in [5.74, 6) is -0.868. The van der Waals surface area contributed by atoms with Gasteiger partial charge in [0, 0.05) is 31.1 Å². The first-order valence-corrected chi connectivity index (χ1v) is 14.2. The maximum absolute atomic E-state index is 13.9. The highest BCUT2D eigenvalue weighted by Gasteiger charge is 2.42. The molecule has 3 amide bonds. The zero-order chi connectivity index (χ0) is 28.6. The van der Waals surface area contributed by atoms with E-state index < -0.39 is 18.1 Å². The summed E-state index contributed by atoms with van der Waals surface area (Å²) >= 11 is 5.98. The molecule has 2 unspecified atom stereocenters. The maximum Gasteiger partial charge on any atom is 0.246 e. The van der Waals surface area contributed by atoms with Crippen LogP contribution in [0.4, 0.5) is 0 Å². The number of halogens is 1. The molecular weight excluding hydrogens is 528 g/mol. The topological polar surface area (TPSA) is 116 Å². The Morgan fingerprint density at radius 2 is 1.73 bits per heavy atom. The first-order chi connectivity index (χ1) is 19.3. The molecule has 1 heterocycles. The number of aliphatic hydroxyl groups excluding tert-OH is 1. The lowest BCUT2D eigenvalue weighted by Crippen LogP contribution is -2.65. The normalized spacial score (nSPS) is 17.1. The molecule has 1 aliphatic rings. The van der Waals surface area contributed by atoms with Crippen LogP contribution < -0.4 is 11.1 Å². The van der Waals surface area contributed by atoms with E-state index in [2.05, 4.69) is 5.32 Å². The van der Waals surface area contributed by atoms with E-state index in [1.807, 2.05) is 61.5 Å². The molecule has 40 heavy (non-hydrogen) atoms. The van der Waals surface area contributed by atoms with Crippen LogP contribution in [-0.4, -0.2) is 77.0 Å². The Hall–Kier alpha value is -3.46. The molecule has 0 spiro atoms. The van der Waals surface area contributed by atoms with E-state index in [-0.39, 0.29) is 44.0 Å². The summed E-state index contributed by atoms with van der Waals surface area (Å²) < 4.78 is 0. The third-order valence-electron chi connectivity index (χ3n) is 7.39. The summed E-state index contributed by atoms with van der Waals surface area (Å²) in [5, 5.41) is 14.8. The summed E-state index contributed by atoms with van der Waals surface area (Å²) in [6.45, 7) is 2.35. The third kappa shape index (κ3) is 6.99. The maximum atomic E-state index is 13.9. The van der Waals surface area contributed by atoms with Gasteiger partial charge in [0.1, 0.15) is 12.1 Å². The van der Waals surface area contributed by atoms with Gasteiger partial charge in [0.2, 0.25) is 17.7 Å². The SMILES string of the molecule is CCC[C@H]1C(=O)N(C(Cc2ccc3ccccc3c2)C(=O)NCCO)CCN1C(=O)C(N)Cc1ccc(Cl)cc1. The molecule has 1 fully saturated rings. The van der Waals surface area contributed by atoms with Crippen LogP contribution in [0.1, 0.15) is 30.9 Å². The lowest BCUT2D eigenvalue weighted by atomic mass is 9.96. The first-order valence-electron chi connectivity index (χ1n) is 13.8. The molecule has 0 radical (unpaired) electrons. The smallest absolute Gasteiger partial charge is 0.246 e. The summed E-state index contributed by atoms with van der Waals surface area (Å²) in [6.07, 6.45) is 1.80. The van der Waals surface area contributed by atoms with E-state index in [0.717, 1.165) is 21.9 Å². The highest BCUT2D eigenvalue weighted by atomic mass is 35.5. The van der Waals surface area contributed by atoms with Gasteiger partial charge in [0.15, 0.2) is 0 Å². The molecule has 4 rings (SSSR count). The molecule has 8 nitrogen and oxygen atoms in total. The van der Waals surface area contributed by atoms with Crippen molar-refractivity contribution in [1.29, 1.82) is 0 Å². The summed E-state index contributed by atoms with van der Waals surface area (Å²) in [5.41, 5.74) is 8.14. The Bertz CT molecular complexity index is 1330. The van der Waals surface area contributed by atoms with E-state index in [1.54, 1.807) is 21.9 Å². The molecule has 0 aliphatic carbocycles. The fraction of sp³-hybridized carbons (Fsp3) is 0.387. The second-order valence-electron chi connectivity index (χ2n) is 10.2. The number of rotatable bonds is 11. The zero-order valence-electron chi connectivity index (χ0n) is 22.8. The number of carbonyl (C=O) groups is 3. The fourth-order valence-electron chi connectivity index (χ4n) is 5.34. The van der Waals surface area contributed by atoms with Crippen molar-refractivity contribution in [3.8, 4) is 0 Å². The number of nitrogens with zero attached hydrogens (tertiary/aromatic N) is 2. The number of piperazine rings is 1. The minimum Gasteiger partial charge on any atom is -0.395 e. The average Bonchev–Trinajstić information content (AvgIpc) is 2.96. The number of fused-ring (bicyclic) bond motifs is 1. The van der Waals surface area contributed by atoms with E-state index in [4.69, 9.17) is 17.3 Å². The van der Waals surface area contributed by atoms with Crippen molar-refractivity contribution >= 4 is 40.1 Å². The number of hydrogen-bond acceptors (Lipinski definition) is 5. The standard InChI is InChI=1S/C31H37ClN4O4/c1-2-5-27-31(40)36(16-15-35(27)30(39)26(33)19-21-9-12-25(32)13-10-21)28(29(38)34-14-17-37)20-22-8-11-23-6-3-4-7-24(23)18-22/h3-4,6-13,18,26-28,37H,2,5,14-17,19-20,33H2,1H3,(H,34,38)/t26?,27-,28?/m0/s1. The Balaban J connectivity index is 1.55. The van der Waals surface area contributed by atoms with Gasteiger partial charge in [-0.1, -0.05) is 79.5 Å². The number of carbonyl (C=O) groups excluding carboxylic acids is 3. The van der Waals surface area contributed by atoms with Crippen LogP contribution in [0.15, 0.2) is 66.7 Å². The van der Waals surface area contributed by atoms with Crippen LogP contribution in [0.3, 0.4) is 0 Å². The molecular formula is C31H37ClN4O4. The molecule has 4 N–H and O–H groups in total. The minimum atomic E-state index is -0.805. The van der Waals surface area contributed by atoms with Gasteiger partial charge < -0.3 is 26.0 Å². The number of aliphatic hydroxyl groups is 1. The largest absolute Gasteiger partial charge is 0.395 e. The monoisotopic (exact) mass is 564 g/mol. The minimum absolute atomic E-state index is 0.0949. The van der Waals surface area contributed by atoms with Crippen LogP contribution in [0.2, 0.25) is 5.02 Å². The van der Waals surface area contributed by atoms with Crippen molar-refractivity contribution in [3.05, 3.63) is 82.9 Å². The van der Waals surface area contributed by atoms with Crippen LogP contribution in [0.5, 0.6) is 0 Å². The summed E-state index contributed by atoms with van der Waals surface area (Å²) in [7, 11) is 0. The highest BCUT2D eigenvalue weighted by molar-refractivity contribution is 6.30. The lowest BCUT2D eigenvalue weighted by molar-refractivity contribution is -0.156. The Kier molecular flexibility index (Phi) is 10.1. The molecule has 0 bridgehead atoms. The number of nitrogens with two attached hydrogens (primary N) is 1. The van der Waals surface area contributed by atoms with Gasteiger partial charge in [-0.15, -0.1) is 0 Å². The predicted octanol–water partition coefficient (Wildman–Crippen LogP) is 2.92. The quantitative estimate of drug-likeness (QED) is 0.331. The van der Waals surface area contributed by atoms with Crippen LogP contribution >= 0.6 is 11.6 Å². The third-order valence-corrected chi connectivity index (χ3v) is 7.64. The molecule has 3 aromatic rings. The number of benzene rings is 3. The molecule has 3 aromatic carbocycles. The van der Waals surface area contributed by atoms with E-state index in [1.165, 1.54) is 0 Å². The van der Waals surface area contributed by atoms with Gasteiger partial charge >= 0.3 is 0 Å².